The van der Waals surface area contributed by atoms with E-state index in [9.17, 15) is 14.4 Å². The number of carbonyl (C=O) groups is 1. The molecule has 2 heterocycles. The smallest absolute Gasteiger partial charge is 0.337 e. The molecule has 2 aromatic heterocycles. The molecule has 4 aromatic rings. The van der Waals surface area contributed by atoms with Crippen molar-refractivity contribution >= 4 is 33.1 Å². The fourth-order valence-corrected chi connectivity index (χ4v) is 6.13. The number of benzene rings is 2. The predicted octanol–water partition coefficient (Wildman–Crippen LogP) is 4.36. The highest BCUT2D eigenvalue weighted by molar-refractivity contribution is 7.18. The number of aryl methyl sites for hydroxylation is 4. The van der Waals surface area contributed by atoms with Gasteiger partial charge in [0.1, 0.15) is 17.1 Å². The summed E-state index contributed by atoms with van der Waals surface area (Å²) in [7, 11) is 1.56. The molecule has 1 aliphatic rings. The maximum absolute atomic E-state index is 13.7. The molecule has 1 N–H and O–H groups in total. The molecule has 0 aliphatic heterocycles. The monoisotopic (exact) mass is 489 g/mol. The Hall–Kier alpha value is -3.65. The summed E-state index contributed by atoms with van der Waals surface area (Å²) >= 11 is 1.47. The Morgan fingerprint density at radius 3 is 2.51 bits per heavy atom. The van der Waals surface area contributed by atoms with Gasteiger partial charge in [0, 0.05) is 10.6 Å². The average molecular weight is 490 g/mol. The van der Waals surface area contributed by atoms with E-state index < -0.39 is 5.69 Å². The molecule has 8 heteroatoms. The van der Waals surface area contributed by atoms with Crippen LogP contribution >= 0.6 is 11.3 Å². The second kappa shape index (κ2) is 9.19. The van der Waals surface area contributed by atoms with E-state index in [0.717, 1.165) is 47.3 Å². The van der Waals surface area contributed by atoms with E-state index in [1.807, 2.05) is 32.0 Å². The number of hydrogen-bond acceptors (Lipinski definition) is 5. The van der Waals surface area contributed by atoms with Crippen LogP contribution in [0.1, 0.15) is 34.4 Å². The first-order chi connectivity index (χ1) is 16.9. The number of rotatable bonds is 5. The van der Waals surface area contributed by atoms with Crippen LogP contribution < -0.4 is 21.3 Å². The zero-order valence-corrected chi connectivity index (χ0v) is 20.8. The van der Waals surface area contributed by atoms with Crippen molar-refractivity contribution in [1.82, 2.24) is 9.13 Å². The van der Waals surface area contributed by atoms with E-state index in [-0.39, 0.29) is 18.0 Å². The Bertz CT molecular complexity index is 1560. The van der Waals surface area contributed by atoms with Gasteiger partial charge in [-0.25, -0.2) is 9.36 Å². The zero-order chi connectivity index (χ0) is 24.7. The molecule has 35 heavy (non-hydrogen) atoms. The number of methoxy groups -OCH3 is 1. The third-order valence-corrected chi connectivity index (χ3v) is 7.84. The number of amides is 1. The van der Waals surface area contributed by atoms with E-state index in [1.54, 1.807) is 31.4 Å². The summed E-state index contributed by atoms with van der Waals surface area (Å²) in [6, 6.07) is 12.6. The Labute approximate surface area is 206 Å². The summed E-state index contributed by atoms with van der Waals surface area (Å²) in [4.78, 5) is 42.2. The molecule has 0 radical (unpaired) electrons. The van der Waals surface area contributed by atoms with E-state index in [0.29, 0.717) is 27.3 Å². The lowest BCUT2D eigenvalue weighted by Crippen LogP contribution is -2.40. The Kier molecular flexibility index (Phi) is 6.06. The van der Waals surface area contributed by atoms with Gasteiger partial charge >= 0.3 is 5.69 Å². The SMILES string of the molecule is COc1ccc(-n2c(=O)c3c4c(sc3n(CC(=O)Nc3ccc(C)cc3C)c2=O)CCCC4)cc1. The minimum absolute atomic E-state index is 0.182. The Balaban J connectivity index is 1.65. The molecule has 180 valence electrons. The third kappa shape index (κ3) is 4.18. The molecule has 7 nitrogen and oxygen atoms in total. The number of fused-ring (bicyclic) bond motifs is 3. The molecule has 0 spiro atoms. The summed E-state index contributed by atoms with van der Waals surface area (Å²) in [6.45, 7) is 3.75. The average Bonchev–Trinajstić information content (AvgIpc) is 3.24. The van der Waals surface area contributed by atoms with Crippen LogP contribution in [0.3, 0.4) is 0 Å². The van der Waals surface area contributed by atoms with E-state index >= 15 is 0 Å². The predicted molar refractivity (Wildman–Crippen MR) is 139 cm³/mol. The first-order valence-corrected chi connectivity index (χ1v) is 12.5. The topological polar surface area (TPSA) is 82.3 Å². The quantitative estimate of drug-likeness (QED) is 0.452. The molecule has 0 saturated heterocycles. The van der Waals surface area contributed by atoms with Gasteiger partial charge in [-0.05, 0) is 81.0 Å². The van der Waals surface area contributed by atoms with E-state index in [1.165, 1.54) is 20.5 Å². The lowest BCUT2D eigenvalue weighted by Gasteiger charge is -2.14. The maximum Gasteiger partial charge on any atom is 0.337 e. The van der Waals surface area contributed by atoms with Crippen LogP contribution in [0.25, 0.3) is 15.9 Å². The summed E-state index contributed by atoms with van der Waals surface area (Å²) in [5.74, 6) is 0.315. The lowest BCUT2D eigenvalue weighted by atomic mass is 9.97. The highest BCUT2D eigenvalue weighted by Gasteiger charge is 2.25. The van der Waals surface area contributed by atoms with Crippen LogP contribution in [0, 0.1) is 13.8 Å². The van der Waals surface area contributed by atoms with Gasteiger partial charge in [-0.2, -0.15) is 0 Å². The molecule has 0 saturated carbocycles. The number of carbonyl (C=O) groups excluding carboxylic acids is 1. The van der Waals surface area contributed by atoms with Crippen LogP contribution in [-0.4, -0.2) is 22.2 Å². The van der Waals surface area contributed by atoms with Crippen molar-refractivity contribution in [3.63, 3.8) is 0 Å². The lowest BCUT2D eigenvalue weighted by molar-refractivity contribution is -0.116. The number of ether oxygens (including phenoxy) is 1. The summed E-state index contributed by atoms with van der Waals surface area (Å²) in [5.41, 5.74) is 3.37. The minimum Gasteiger partial charge on any atom is -0.497 e. The normalized spacial score (nSPS) is 13.0. The minimum atomic E-state index is -0.526. The van der Waals surface area contributed by atoms with Crippen LogP contribution in [-0.2, 0) is 24.2 Å². The van der Waals surface area contributed by atoms with Crippen molar-refractivity contribution in [2.24, 2.45) is 0 Å². The molecular formula is C27H27N3O4S. The molecule has 1 amide bonds. The first kappa shape index (κ1) is 23.1. The molecule has 0 bridgehead atoms. The van der Waals surface area contributed by atoms with Crippen molar-refractivity contribution in [2.45, 2.75) is 46.1 Å². The van der Waals surface area contributed by atoms with Crippen molar-refractivity contribution < 1.29 is 9.53 Å². The van der Waals surface area contributed by atoms with Gasteiger partial charge in [-0.15, -0.1) is 11.3 Å². The first-order valence-electron chi connectivity index (χ1n) is 11.7. The van der Waals surface area contributed by atoms with Gasteiger partial charge in [0.25, 0.3) is 5.56 Å². The molecule has 0 unspecified atom stereocenters. The fourth-order valence-electron chi connectivity index (χ4n) is 4.75. The zero-order valence-electron chi connectivity index (χ0n) is 20.0. The highest BCUT2D eigenvalue weighted by Crippen LogP contribution is 2.34. The van der Waals surface area contributed by atoms with Crippen LogP contribution in [0.15, 0.2) is 52.1 Å². The number of aromatic nitrogens is 2. The van der Waals surface area contributed by atoms with Gasteiger partial charge in [0.2, 0.25) is 5.91 Å². The summed E-state index contributed by atoms with van der Waals surface area (Å²) in [5, 5.41) is 3.49. The standard InChI is InChI=1S/C27H27N3O4S/c1-16-8-13-21(17(2)14-16)28-23(31)15-29-26-24(20-6-4-5-7-22(20)35-26)25(32)30(27(29)33)18-9-11-19(34-3)12-10-18/h8-14H,4-7,15H2,1-3H3,(H,28,31). The van der Waals surface area contributed by atoms with Crippen LogP contribution in [0.2, 0.25) is 0 Å². The molecule has 5 rings (SSSR count). The molecule has 0 fully saturated rings. The second-order valence-electron chi connectivity index (χ2n) is 8.96. The number of hydrogen-bond donors (Lipinski definition) is 1. The van der Waals surface area contributed by atoms with Crippen molar-refractivity contribution in [3.05, 3.63) is 84.9 Å². The number of nitrogens with zero attached hydrogens (tertiary/aromatic N) is 2. The number of thiophene rings is 1. The molecule has 1 aliphatic carbocycles. The highest BCUT2D eigenvalue weighted by atomic mass is 32.1. The van der Waals surface area contributed by atoms with E-state index in [4.69, 9.17) is 4.74 Å². The van der Waals surface area contributed by atoms with Gasteiger partial charge < -0.3 is 10.1 Å². The van der Waals surface area contributed by atoms with Gasteiger partial charge in [0.05, 0.1) is 18.2 Å². The van der Waals surface area contributed by atoms with Gasteiger partial charge in [-0.1, -0.05) is 17.7 Å². The van der Waals surface area contributed by atoms with Crippen molar-refractivity contribution in [3.8, 4) is 11.4 Å². The molecular weight excluding hydrogens is 462 g/mol. The third-order valence-electron chi connectivity index (χ3n) is 6.53. The van der Waals surface area contributed by atoms with Gasteiger partial charge in [0.15, 0.2) is 0 Å². The van der Waals surface area contributed by atoms with E-state index in [2.05, 4.69) is 5.32 Å². The summed E-state index contributed by atoms with van der Waals surface area (Å²) in [6.07, 6.45) is 3.76. The Morgan fingerprint density at radius 2 is 1.80 bits per heavy atom. The van der Waals surface area contributed by atoms with Gasteiger partial charge in [-0.3, -0.25) is 14.2 Å². The fraction of sp³-hybridized carbons (Fsp3) is 0.296. The molecule has 0 atom stereocenters. The molecule has 2 aromatic carbocycles. The van der Waals surface area contributed by atoms with Crippen LogP contribution in [0.5, 0.6) is 5.75 Å². The Morgan fingerprint density at radius 1 is 1.06 bits per heavy atom. The number of nitrogens with one attached hydrogen (secondary N) is 1. The van der Waals surface area contributed by atoms with Crippen molar-refractivity contribution in [2.75, 3.05) is 12.4 Å². The number of anilines is 1. The van der Waals surface area contributed by atoms with Crippen molar-refractivity contribution in [1.29, 1.82) is 0 Å². The summed E-state index contributed by atoms with van der Waals surface area (Å²) < 4.78 is 7.85. The van der Waals surface area contributed by atoms with Crippen LogP contribution in [0.4, 0.5) is 5.69 Å². The second-order valence-corrected chi connectivity index (χ2v) is 10.0. The largest absolute Gasteiger partial charge is 0.497 e. The maximum atomic E-state index is 13.7.